The van der Waals surface area contributed by atoms with Crippen LogP contribution in [0.5, 0.6) is 0 Å². The molecule has 1 aliphatic rings. The minimum atomic E-state index is 0.852. The second-order valence-corrected chi connectivity index (χ2v) is 5.53. The van der Waals surface area contributed by atoms with Gasteiger partial charge in [-0.25, -0.2) is 0 Å². The summed E-state index contributed by atoms with van der Waals surface area (Å²) in [5, 5.41) is 0. The fourth-order valence-corrected chi connectivity index (χ4v) is 3.09. The summed E-state index contributed by atoms with van der Waals surface area (Å²) in [6, 6.07) is 10.9. The molecule has 1 aliphatic carbocycles. The topological polar surface area (TPSA) is 0 Å². The van der Waals surface area contributed by atoms with E-state index in [1.807, 2.05) is 0 Å². The average Bonchev–Trinajstić information content (AvgIpc) is 2.31. The van der Waals surface area contributed by atoms with Crippen LogP contribution in [0.25, 0.3) is 0 Å². The molecule has 0 heterocycles. The quantitative estimate of drug-likeness (QED) is 0.676. The smallest absolute Gasteiger partial charge is 0.0253 e. The molecular weight excluding hydrogens is 192 g/mol. The minimum Gasteiger partial charge on any atom is -0.0622 e. The van der Waals surface area contributed by atoms with Crippen molar-refractivity contribution in [2.24, 2.45) is 11.8 Å². The summed E-state index contributed by atoms with van der Waals surface area (Å²) in [6.07, 6.45) is 10.1. The molecule has 0 amide bonds. The number of hydrogen-bond donors (Lipinski definition) is 0. The van der Waals surface area contributed by atoms with Crippen LogP contribution >= 0.6 is 0 Å². The van der Waals surface area contributed by atoms with Crippen LogP contribution in [-0.4, -0.2) is 0 Å². The lowest BCUT2D eigenvalue weighted by Crippen LogP contribution is -2.12. The van der Waals surface area contributed by atoms with E-state index in [1.54, 1.807) is 0 Å². The molecule has 88 valence electrons. The highest BCUT2D eigenvalue weighted by atomic mass is 14.2. The molecule has 2 rings (SSSR count). The highest BCUT2D eigenvalue weighted by Crippen LogP contribution is 2.29. The van der Waals surface area contributed by atoms with Gasteiger partial charge in [-0.1, -0.05) is 69.4 Å². The number of benzene rings is 1. The fraction of sp³-hybridized carbons (Fsp3) is 0.625. The van der Waals surface area contributed by atoms with Crippen molar-refractivity contribution >= 4 is 0 Å². The molecule has 1 saturated carbocycles. The lowest BCUT2D eigenvalue weighted by atomic mass is 9.82. The van der Waals surface area contributed by atoms with Crippen molar-refractivity contribution in [2.75, 3.05) is 0 Å². The van der Waals surface area contributed by atoms with Crippen molar-refractivity contribution in [3.63, 3.8) is 0 Å². The highest BCUT2D eigenvalue weighted by molar-refractivity contribution is 5.15. The van der Waals surface area contributed by atoms with Crippen LogP contribution in [-0.2, 0) is 6.42 Å². The van der Waals surface area contributed by atoms with E-state index in [-0.39, 0.29) is 0 Å². The predicted octanol–water partition coefficient (Wildman–Crippen LogP) is 4.84. The highest BCUT2D eigenvalue weighted by Gasteiger charge is 2.16. The van der Waals surface area contributed by atoms with Gasteiger partial charge in [0.15, 0.2) is 0 Å². The maximum Gasteiger partial charge on any atom is -0.0253 e. The van der Waals surface area contributed by atoms with Gasteiger partial charge in [0.05, 0.1) is 0 Å². The van der Waals surface area contributed by atoms with Crippen molar-refractivity contribution < 1.29 is 0 Å². The predicted molar refractivity (Wildman–Crippen MR) is 70.5 cm³/mol. The van der Waals surface area contributed by atoms with E-state index in [1.165, 1.54) is 50.5 Å². The Morgan fingerprint density at radius 1 is 1.06 bits per heavy atom. The Labute approximate surface area is 100 Å². The largest absolute Gasteiger partial charge is 0.0622 e. The molecule has 0 aromatic heterocycles. The standard InChI is InChI=1S/C16H24/c1-14(12-15-8-4-2-5-9-15)13-16-10-6-3-7-11-16/h2,4-5,8-9,14,16H,3,6-7,10-13H2,1H3. The Morgan fingerprint density at radius 3 is 2.44 bits per heavy atom. The van der Waals surface area contributed by atoms with Gasteiger partial charge in [0.1, 0.15) is 0 Å². The van der Waals surface area contributed by atoms with E-state index in [0.29, 0.717) is 0 Å². The van der Waals surface area contributed by atoms with Crippen molar-refractivity contribution in [1.82, 2.24) is 0 Å². The minimum absolute atomic E-state index is 0.852. The summed E-state index contributed by atoms with van der Waals surface area (Å²) >= 11 is 0. The third-order valence-corrected chi connectivity index (χ3v) is 3.89. The normalized spacial score (nSPS) is 19.6. The van der Waals surface area contributed by atoms with Crippen LogP contribution in [0.1, 0.15) is 51.0 Å². The molecule has 16 heavy (non-hydrogen) atoms. The van der Waals surface area contributed by atoms with E-state index >= 15 is 0 Å². The first-order chi connectivity index (χ1) is 7.84. The van der Waals surface area contributed by atoms with Crippen LogP contribution in [0.3, 0.4) is 0 Å². The number of rotatable bonds is 4. The van der Waals surface area contributed by atoms with Gasteiger partial charge in [0.2, 0.25) is 0 Å². The Balaban J connectivity index is 1.77. The van der Waals surface area contributed by atoms with Crippen LogP contribution in [0.2, 0.25) is 0 Å². The van der Waals surface area contributed by atoms with Gasteiger partial charge in [-0.2, -0.15) is 0 Å². The molecule has 1 unspecified atom stereocenters. The van der Waals surface area contributed by atoms with E-state index < -0.39 is 0 Å². The number of hydrogen-bond acceptors (Lipinski definition) is 0. The van der Waals surface area contributed by atoms with Crippen LogP contribution < -0.4 is 0 Å². The molecule has 1 aromatic rings. The zero-order valence-electron chi connectivity index (χ0n) is 10.5. The zero-order chi connectivity index (χ0) is 11.2. The van der Waals surface area contributed by atoms with E-state index in [0.717, 1.165) is 11.8 Å². The van der Waals surface area contributed by atoms with Crippen LogP contribution in [0, 0.1) is 11.8 Å². The Kier molecular flexibility index (Phi) is 4.44. The molecule has 0 radical (unpaired) electrons. The van der Waals surface area contributed by atoms with Gasteiger partial charge < -0.3 is 0 Å². The Hall–Kier alpha value is -0.780. The summed E-state index contributed by atoms with van der Waals surface area (Å²) in [4.78, 5) is 0. The molecular formula is C16H24. The second-order valence-electron chi connectivity index (χ2n) is 5.53. The molecule has 0 heteroatoms. The molecule has 1 aromatic carbocycles. The SMILES string of the molecule is CC(Cc1ccccc1)CC1CCCCC1. The van der Waals surface area contributed by atoms with Gasteiger partial charge in [-0.15, -0.1) is 0 Å². The first-order valence-electron chi connectivity index (χ1n) is 6.88. The third-order valence-electron chi connectivity index (χ3n) is 3.89. The van der Waals surface area contributed by atoms with Gasteiger partial charge in [0.25, 0.3) is 0 Å². The van der Waals surface area contributed by atoms with Gasteiger partial charge in [-0.05, 0) is 30.2 Å². The van der Waals surface area contributed by atoms with Crippen molar-refractivity contribution in [3.8, 4) is 0 Å². The van der Waals surface area contributed by atoms with E-state index in [9.17, 15) is 0 Å². The summed E-state index contributed by atoms with van der Waals surface area (Å²) in [5.74, 6) is 1.87. The van der Waals surface area contributed by atoms with Crippen molar-refractivity contribution in [3.05, 3.63) is 35.9 Å². The van der Waals surface area contributed by atoms with Crippen LogP contribution in [0.4, 0.5) is 0 Å². The zero-order valence-corrected chi connectivity index (χ0v) is 10.5. The van der Waals surface area contributed by atoms with Gasteiger partial charge in [0, 0.05) is 0 Å². The fourth-order valence-electron chi connectivity index (χ4n) is 3.09. The average molecular weight is 216 g/mol. The molecule has 1 fully saturated rings. The van der Waals surface area contributed by atoms with Gasteiger partial charge in [-0.3, -0.25) is 0 Å². The maximum absolute atomic E-state index is 2.42. The first-order valence-corrected chi connectivity index (χ1v) is 6.88. The summed E-state index contributed by atoms with van der Waals surface area (Å²) in [7, 11) is 0. The van der Waals surface area contributed by atoms with E-state index in [2.05, 4.69) is 37.3 Å². The first kappa shape index (κ1) is 11.7. The Morgan fingerprint density at radius 2 is 1.75 bits per heavy atom. The van der Waals surface area contributed by atoms with Crippen LogP contribution in [0.15, 0.2) is 30.3 Å². The molecule has 1 atom stereocenters. The van der Waals surface area contributed by atoms with Crippen molar-refractivity contribution in [2.45, 2.75) is 51.9 Å². The third kappa shape index (κ3) is 3.66. The van der Waals surface area contributed by atoms with Gasteiger partial charge >= 0.3 is 0 Å². The summed E-state index contributed by atoms with van der Waals surface area (Å²) in [6.45, 7) is 2.42. The lowest BCUT2D eigenvalue weighted by Gasteiger charge is -2.24. The summed E-state index contributed by atoms with van der Waals surface area (Å²) < 4.78 is 0. The lowest BCUT2D eigenvalue weighted by molar-refractivity contribution is 0.295. The van der Waals surface area contributed by atoms with Crippen molar-refractivity contribution in [1.29, 1.82) is 0 Å². The summed E-state index contributed by atoms with van der Waals surface area (Å²) in [5.41, 5.74) is 1.51. The molecule has 0 nitrogen and oxygen atoms in total. The second kappa shape index (κ2) is 6.08. The van der Waals surface area contributed by atoms with E-state index in [4.69, 9.17) is 0 Å². The molecule has 0 saturated heterocycles. The monoisotopic (exact) mass is 216 g/mol. The molecule has 0 N–H and O–H groups in total. The Bertz CT molecular complexity index is 282. The maximum atomic E-state index is 2.42. The molecule has 0 spiro atoms. The molecule has 0 bridgehead atoms. The molecule has 0 aliphatic heterocycles.